The predicted octanol–water partition coefficient (Wildman–Crippen LogP) is 2.64. The largest absolute Gasteiger partial charge is 0.487 e. The van der Waals surface area contributed by atoms with Gasteiger partial charge in [-0.15, -0.1) is 0 Å². The van der Waals surface area contributed by atoms with Crippen LogP contribution in [0.1, 0.15) is 41.4 Å². The molecule has 4 nitrogen and oxygen atoms in total. The third kappa shape index (κ3) is 2.56. The van der Waals surface area contributed by atoms with Crippen molar-refractivity contribution in [2.45, 2.75) is 38.8 Å². The van der Waals surface area contributed by atoms with Crippen LogP contribution in [0.25, 0.3) is 0 Å². The van der Waals surface area contributed by atoms with Gasteiger partial charge in [-0.1, -0.05) is 6.07 Å². The van der Waals surface area contributed by atoms with Crippen molar-refractivity contribution < 1.29 is 4.74 Å². The highest BCUT2D eigenvalue weighted by Crippen LogP contribution is 2.30. The zero-order chi connectivity index (χ0) is 14.1. The highest BCUT2D eigenvalue weighted by atomic mass is 16.5. The lowest BCUT2D eigenvalue weighted by molar-refractivity contribution is 0.294. The maximum Gasteiger partial charge on any atom is 0.130 e. The zero-order valence-electron chi connectivity index (χ0n) is 12.1. The summed E-state index contributed by atoms with van der Waals surface area (Å²) in [5, 5.41) is 4.32. The van der Waals surface area contributed by atoms with E-state index in [0.29, 0.717) is 6.61 Å². The summed E-state index contributed by atoms with van der Waals surface area (Å²) in [6.07, 6.45) is 3.35. The number of hydrogen-bond acceptors (Lipinski definition) is 3. The minimum absolute atomic E-state index is 0.188. The fraction of sp³-hybridized carbons (Fsp3) is 0.438. The van der Waals surface area contributed by atoms with E-state index in [1.807, 2.05) is 30.8 Å². The smallest absolute Gasteiger partial charge is 0.130 e. The molecule has 3 rings (SSSR count). The molecule has 1 aromatic carbocycles. The monoisotopic (exact) mass is 271 g/mol. The summed E-state index contributed by atoms with van der Waals surface area (Å²) in [5.74, 6) is 0.914. The molecule has 0 spiro atoms. The molecule has 0 fully saturated rings. The van der Waals surface area contributed by atoms with Crippen molar-refractivity contribution in [2.24, 2.45) is 12.8 Å². The molecular formula is C16H21N3O. The third-order valence-corrected chi connectivity index (χ3v) is 3.96. The molecule has 0 radical (unpaired) electrons. The van der Waals surface area contributed by atoms with Crippen molar-refractivity contribution in [1.82, 2.24) is 9.78 Å². The van der Waals surface area contributed by atoms with Crippen LogP contribution in [0.3, 0.4) is 0 Å². The number of benzene rings is 1. The van der Waals surface area contributed by atoms with Gasteiger partial charge in [0.1, 0.15) is 12.4 Å². The molecule has 1 aromatic heterocycles. The highest BCUT2D eigenvalue weighted by molar-refractivity contribution is 5.39. The predicted molar refractivity (Wildman–Crippen MR) is 78.6 cm³/mol. The van der Waals surface area contributed by atoms with Crippen molar-refractivity contribution in [1.29, 1.82) is 0 Å². The maximum atomic E-state index is 6.13. The number of aromatic nitrogens is 2. The average Bonchev–Trinajstić information content (AvgIpc) is 2.75. The number of rotatable bonds is 3. The first-order valence-electron chi connectivity index (χ1n) is 7.14. The second kappa shape index (κ2) is 5.29. The fourth-order valence-electron chi connectivity index (χ4n) is 2.87. The van der Waals surface area contributed by atoms with Crippen molar-refractivity contribution in [3.8, 4) is 5.75 Å². The summed E-state index contributed by atoms with van der Waals surface area (Å²) in [6.45, 7) is 2.53. The van der Waals surface area contributed by atoms with E-state index in [9.17, 15) is 0 Å². The third-order valence-electron chi connectivity index (χ3n) is 3.96. The Morgan fingerprint density at radius 1 is 1.40 bits per heavy atom. The first-order chi connectivity index (χ1) is 9.63. The fourth-order valence-corrected chi connectivity index (χ4v) is 2.87. The standard InChI is InChI=1S/C16H21N3O/c1-11-8-13(19(2)18-11)10-20-14-6-7-15-12(9-14)4-3-5-16(15)17/h6-9,16H,3-5,10,17H2,1-2H3. The quantitative estimate of drug-likeness (QED) is 0.933. The van der Waals surface area contributed by atoms with Gasteiger partial charge in [-0.25, -0.2) is 0 Å². The van der Waals surface area contributed by atoms with Gasteiger partial charge in [0.2, 0.25) is 0 Å². The van der Waals surface area contributed by atoms with E-state index in [1.165, 1.54) is 17.5 Å². The Morgan fingerprint density at radius 2 is 2.25 bits per heavy atom. The van der Waals surface area contributed by atoms with Gasteiger partial charge < -0.3 is 10.5 Å². The van der Waals surface area contributed by atoms with E-state index in [0.717, 1.165) is 30.0 Å². The van der Waals surface area contributed by atoms with Crippen LogP contribution in [0.15, 0.2) is 24.3 Å². The van der Waals surface area contributed by atoms with Crippen LogP contribution < -0.4 is 10.5 Å². The molecule has 2 N–H and O–H groups in total. The van der Waals surface area contributed by atoms with Gasteiger partial charge in [0, 0.05) is 13.1 Å². The molecule has 20 heavy (non-hydrogen) atoms. The molecule has 1 unspecified atom stereocenters. The number of ether oxygens (including phenoxy) is 1. The molecule has 0 aliphatic heterocycles. The molecule has 1 heterocycles. The summed E-state index contributed by atoms with van der Waals surface area (Å²) < 4.78 is 7.75. The summed E-state index contributed by atoms with van der Waals surface area (Å²) in [7, 11) is 1.94. The van der Waals surface area contributed by atoms with Crippen LogP contribution in [-0.2, 0) is 20.1 Å². The summed E-state index contributed by atoms with van der Waals surface area (Å²) >= 11 is 0. The maximum absolute atomic E-state index is 6.13. The Morgan fingerprint density at radius 3 is 3.00 bits per heavy atom. The van der Waals surface area contributed by atoms with Crippen LogP contribution in [0, 0.1) is 6.92 Å². The Bertz CT molecular complexity index is 618. The number of aryl methyl sites for hydroxylation is 3. The normalized spacial score (nSPS) is 17.9. The summed E-state index contributed by atoms with van der Waals surface area (Å²) in [4.78, 5) is 0. The molecule has 106 valence electrons. The lowest BCUT2D eigenvalue weighted by atomic mass is 9.88. The topological polar surface area (TPSA) is 53.1 Å². The Balaban J connectivity index is 1.74. The van der Waals surface area contributed by atoms with Gasteiger partial charge in [-0.3, -0.25) is 4.68 Å². The molecule has 1 aliphatic rings. The van der Waals surface area contributed by atoms with Gasteiger partial charge in [-0.2, -0.15) is 5.10 Å². The molecule has 0 saturated heterocycles. The van der Waals surface area contributed by atoms with E-state index in [1.54, 1.807) is 0 Å². The first-order valence-corrected chi connectivity index (χ1v) is 7.14. The first kappa shape index (κ1) is 13.2. The van der Waals surface area contributed by atoms with E-state index < -0.39 is 0 Å². The van der Waals surface area contributed by atoms with Gasteiger partial charge in [0.05, 0.1) is 11.4 Å². The molecular weight excluding hydrogens is 250 g/mol. The second-order valence-corrected chi connectivity index (χ2v) is 5.55. The minimum Gasteiger partial charge on any atom is -0.487 e. The number of fused-ring (bicyclic) bond motifs is 1. The van der Waals surface area contributed by atoms with Gasteiger partial charge in [0.25, 0.3) is 0 Å². The molecule has 0 amide bonds. The van der Waals surface area contributed by atoms with E-state index >= 15 is 0 Å². The van der Waals surface area contributed by atoms with Crippen LogP contribution in [0.4, 0.5) is 0 Å². The Kier molecular flexibility index (Phi) is 3.49. The van der Waals surface area contributed by atoms with Crippen molar-refractivity contribution in [3.05, 3.63) is 46.8 Å². The van der Waals surface area contributed by atoms with Crippen LogP contribution in [0.5, 0.6) is 5.75 Å². The Hall–Kier alpha value is -1.81. The number of nitrogens with two attached hydrogens (primary N) is 1. The lowest BCUT2D eigenvalue weighted by Gasteiger charge is -2.22. The van der Waals surface area contributed by atoms with Gasteiger partial charge in [0.15, 0.2) is 0 Å². The van der Waals surface area contributed by atoms with Gasteiger partial charge in [-0.05, 0) is 55.5 Å². The summed E-state index contributed by atoms with van der Waals surface area (Å²) in [5.41, 5.74) is 10.8. The molecule has 1 atom stereocenters. The Labute approximate surface area is 119 Å². The summed E-state index contributed by atoms with van der Waals surface area (Å²) in [6, 6.07) is 8.51. The molecule has 0 saturated carbocycles. The van der Waals surface area contributed by atoms with Crippen LogP contribution in [0.2, 0.25) is 0 Å². The number of nitrogens with zero attached hydrogens (tertiary/aromatic N) is 2. The number of hydrogen-bond donors (Lipinski definition) is 1. The van der Waals surface area contributed by atoms with Crippen LogP contribution in [-0.4, -0.2) is 9.78 Å². The second-order valence-electron chi connectivity index (χ2n) is 5.55. The van der Waals surface area contributed by atoms with Crippen molar-refractivity contribution >= 4 is 0 Å². The molecule has 1 aliphatic carbocycles. The van der Waals surface area contributed by atoms with Gasteiger partial charge >= 0.3 is 0 Å². The van der Waals surface area contributed by atoms with E-state index in [-0.39, 0.29) is 6.04 Å². The SMILES string of the molecule is Cc1cc(COc2ccc3c(c2)CCCC3N)n(C)n1. The molecule has 4 heteroatoms. The van der Waals surface area contributed by atoms with Crippen molar-refractivity contribution in [2.75, 3.05) is 0 Å². The minimum atomic E-state index is 0.188. The lowest BCUT2D eigenvalue weighted by Crippen LogP contribution is -2.17. The molecule has 0 bridgehead atoms. The zero-order valence-corrected chi connectivity index (χ0v) is 12.1. The van der Waals surface area contributed by atoms with E-state index in [4.69, 9.17) is 10.5 Å². The average molecular weight is 271 g/mol. The highest BCUT2D eigenvalue weighted by Gasteiger charge is 2.17. The van der Waals surface area contributed by atoms with Crippen LogP contribution >= 0.6 is 0 Å². The van der Waals surface area contributed by atoms with Crippen molar-refractivity contribution in [3.63, 3.8) is 0 Å². The van der Waals surface area contributed by atoms with E-state index in [2.05, 4.69) is 17.2 Å². The molecule has 2 aromatic rings.